The van der Waals surface area contributed by atoms with Gasteiger partial charge in [0.2, 0.25) is 11.8 Å². The Morgan fingerprint density at radius 3 is 2.64 bits per heavy atom. The topological polar surface area (TPSA) is 88.2 Å². The predicted molar refractivity (Wildman–Crippen MR) is 119 cm³/mol. The molecule has 8 heteroatoms. The minimum absolute atomic E-state index is 0.0527. The van der Waals surface area contributed by atoms with Crippen molar-refractivity contribution in [2.45, 2.75) is 38.3 Å². The van der Waals surface area contributed by atoms with Gasteiger partial charge in [-0.3, -0.25) is 24.6 Å². The van der Waals surface area contributed by atoms with Gasteiger partial charge in [0.1, 0.15) is 18.4 Å². The molecule has 33 heavy (non-hydrogen) atoms. The highest BCUT2D eigenvalue weighted by Gasteiger charge is 2.40. The van der Waals surface area contributed by atoms with Crippen molar-refractivity contribution in [3.63, 3.8) is 0 Å². The van der Waals surface area contributed by atoms with Crippen LogP contribution in [0.1, 0.15) is 53.5 Å². The fraction of sp³-hybridized carbons (Fsp3) is 0.400. The van der Waals surface area contributed by atoms with Gasteiger partial charge in [0.25, 0.3) is 5.91 Å². The van der Waals surface area contributed by atoms with E-state index in [1.54, 1.807) is 10.2 Å². The maximum absolute atomic E-state index is 13.4. The van der Waals surface area contributed by atoms with Crippen LogP contribution in [0, 0.1) is 0 Å². The molecule has 0 radical (unpaired) electrons. The summed E-state index contributed by atoms with van der Waals surface area (Å²) in [6.07, 6.45) is -6.63. The number of morpholine rings is 1. The molecule has 3 aliphatic rings. The van der Waals surface area contributed by atoms with Gasteiger partial charge in [0.05, 0.1) is 25.2 Å². The second-order valence-electron chi connectivity index (χ2n) is 7.45. The summed E-state index contributed by atoms with van der Waals surface area (Å²) in [4.78, 5) is 40.0. The molecule has 5 rings (SSSR count). The maximum atomic E-state index is 13.4. The summed E-state index contributed by atoms with van der Waals surface area (Å²) < 4.78 is 94.9. The van der Waals surface area contributed by atoms with E-state index in [0.29, 0.717) is 26.3 Å². The molecule has 172 valence electrons. The Morgan fingerprint density at radius 1 is 1.09 bits per heavy atom. The number of hydrogen-bond acceptors (Lipinski definition) is 6. The van der Waals surface area contributed by atoms with Crippen LogP contribution in [0.25, 0.3) is 0 Å². The number of imide groups is 1. The van der Waals surface area contributed by atoms with Gasteiger partial charge < -0.3 is 14.4 Å². The number of nitrogens with zero attached hydrogens (tertiary/aromatic N) is 2. The summed E-state index contributed by atoms with van der Waals surface area (Å²) in [6, 6.07) is 6.71. The average Bonchev–Trinajstić information content (AvgIpc) is 3.14. The molecule has 0 saturated carbocycles. The van der Waals surface area contributed by atoms with E-state index in [9.17, 15) is 14.4 Å². The highest BCUT2D eigenvalue weighted by atomic mass is 16.5. The van der Waals surface area contributed by atoms with E-state index in [1.165, 1.54) is 42.5 Å². The fourth-order valence-corrected chi connectivity index (χ4v) is 3.57. The molecule has 3 aliphatic heterocycles. The van der Waals surface area contributed by atoms with Gasteiger partial charge in [-0.15, -0.1) is 0 Å². The number of carbonyl (C=O) groups excluding carboxylic acids is 3. The summed E-state index contributed by atoms with van der Waals surface area (Å²) >= 11 is 0. The summed E-state index contributed by atoms with van der Waals surface area (Å²) in [6.45, 7) is -5.97. The van der Waals surface area contributed by atoms with Crippen molar-refractivity contribution in [3.05, 3.63) is 64.7 Å². The van der Waals surface area contributed by atoms with Crippen LogP contribution in [0.3, 0.4) is 0 Å². The molecule has 0 bridgehead atoms. The van der Waals surface area contributed by atoms with Crippen molar-refractivity contribution < 1.29 is 37.6 Å². The van der Waals surface area contributed by atoms with E-state index >= 15 is 0 Å². The van der Waals surface area contributed by atoms with Crippen LogP contribution in [-0.2, 0) is 33.9 Å². The van der Waals surface area contributed by atoms with Gasteiger partial charge in [-0.1, -0.05) is 30.3 Å². The first-order chi connectivity index (χ1) is 19.8. The van der Waals surface area contributed by atoms with Crippen LogP contribution in [0.2, 0.25) is 0 Å². The molecule has 3 amide bonds. The minimum atomic E-state index is -3.33. The monoisotopic (exact) mass is 459 g/mol. The lowest BCUT2D eigenvalue weighted by molar-refractivity contribution is -0.136. The lowest BCUT2D eigenvalue weighted by Gasteiger charge is -2.29. The quantitative estimate of drug-likeness (QED) is 0.664. The van der Waals surface area contributed by atoms with Gasteiger partial charge >= 0.3 is 0 Å². The number of piperidine rings is 1. The van der Waals surface area contributed by atoms with Crippen molar-refractivity contribution in [1.82, 2.24) is 15.1 Å². The van der Waals surface area contributed by atoms with E-state index in [4.69, 9.17) is 23.2 Å². The Balaban J connectivity index is 1.46. The van der Waals surface area contributed by atoms with Crippen LogP contribution in [0.5, 0.6) is 5.75 Å². The van der Waals surface area contributed by atoms with Gasteiger partial charge in [0.15, 0.2) is 0 Å². The van der Waals surface area contributed by atoms with E-state index in [2.05, 4.69) is 0 Å². The Morgan fingerprint density at radius 2 is 1.85 bits per heavy atom. The molecule has 0 aliphatic carbocycles. The van der Waals surface area contributed by atoms with E-state index in [0.717, 1.165) is 0 Å². The van der Waals surface area contributed by atoms with Gasteiger partial charge in [-0.2, -0.15) is 0 Å². The van der Waals surface area contributed by atoms with Crippen molar-refractivity contribution >= 4 is 17.7 Å². The van der Waals surface area contributed by atoms with Crippen LogP contribution in [0.15, 0.2) is 42.5 Å². The second kappa shape index (κ2) is 9.33. The van der Waals surface area contributed by atoms with E-state index in [-0.39, 0.29) is 21.6 Å². The average molecular weight is 460 g/mol. The Labute approximate surface area is 206 Å². The van der Waals surface area contributed by atoms with Gasteiger partial charge in [0, 0.05) is 45.3 Å². The molecule has 2 aromatic rings. The number of nitrogens with one attached hydrogen (secondary N) is 1. The Kier molecular flexibility index (Phi) is 3.64. The minimum Gasteiger partial charge on any atom is -0.489 e. The smallest absolute Gasteiger partial charge is 0.255 e. The number of benzene rings is 2. The molecular formula is C25H27N3O5. The number of carbonyl (C=O) groups is 3. The maximum Gasteiger partial charge on any atom is 0.255 e. The van der Waals surface area contributed by atoms with Crippen LogP contribution in [0.4, 0.5) is 0 Å². The first kappa shape index (κ1) is 12.9. The van der Waals surface area contributed by atoms with Crippen LogP contribution >= 0.6 is 0 Å². The van der Waals surface area contributed by atoms with Gasteiger partial charge in [-0.05, 0) is 29.6 Å². The molecule has 8 nitrogen and oxygen atoms in total. The van der Waals surface area contributed by atoms with E-state index < -0.39 is 67.4 Å². The largest absolute Gasteiger partial charge is 0.489 e. The lowest BCUT2D eigenvalue weighted by atomic mass is 10.0. The van der Waals surface area contributed by atoms with Crippen LogP contribution in [-0.4, -0.2) is 59.9 Å². The number of hydrogen-bond donors (Lipinski definition) is 1. The fourth-order valence-electron chi connectivity index (χ4n) is 3.57. The third kappa shape index (κ3) is 4.62. The zero-order valence-electron chi connectivity index (χ0n) is 27.4. The molecule has 3 heterocycles. The lowest BCUT2D eigenvalue weighted by Crippen LogP contribution is -2.52. The molecule has 1 atom stereocenters. The first-order valence-electron chi connectivity index (χ1n) is 15.3. The number of ether oxygens (including phenoxy) is 2. The third-order valence-electron chi connectivity index (χ3n) is 5.24. The summed E-state index contributed by atoms with van der Waals surface area (Å²) in [5.41, 5.74) is -0.660. The zero-order valence-corrected chi connectivity index (χ0v) is 17.4. The van der Waals surface area contributed by atoms with Crippen molar-refractivity contribution in [1.29, 1.82) is 0 Å². The zero-order chi connectivity index (χ0) is 31.8. The molecular weight excluding hydrogens is 422 g/mol. The summed E-state index contributed by atoms with van der Waals surface area (Å²) in [5, 5.41) is 1.67. The molecule has 2 fully saturated rings. The van der Waals surface area contributed by atoms with E-state index in [1.807, 2.05) is 0 Å². The van der Waals surface area contributed by atoms with Gasteiger partial charge in [-0.25, -0.2) is 0 Å². The third-order valence-corrected chi connectivity index (χ3v) is 5.24. The summed E-state index contributed by atoms with van der Waals surface area (Å²) in [7, 11) is 0. The predicted octanol–water partition coefficient (Wildman–Crippen LogP) is 1.86. The number of rotatable bonds is 6. The number of fused-ring (bicyclic) bond motifs is 1. The molecule has 2 aromatic carbocycles. The van der Waals surface area contributed by atoms with Crippen molar-refractivity contribution in [3.8, 4) is 5.75 Å². The molecule has 0 unspecified atom stereocenters. The Hall–Kier alpha value is -3.23. The normalized spacial score (nSPS) is 31.1. The highest BCUT2D eigenvalue weighted by Crippen LogP contribution is 2.34. The second-order valence-corrected chi connectivity index (χ2v) is 7.45. The first-order valence-corrected chi connectivity index (χ1v) is 10.3. The van der Waals surface area contributed by atoms with Crippen molar-refractivity contribution in [2.24, 2.45) is 0 Å². The number of amides is 3. The Bertz CT molecular complexity index is 1480. The van der Waals surface area contributed by atoms with Crippen LogP contribution < -0.4 is 10.1 Å². The molecule has 0 aromatic heterocycles. The highest BCUT2D eigenvalue weighted by molar-refractivity contribution is 6.05. The van der Waals surface area contributed by atoms with Crippen molar-refractivity contribution in [2.75, 3.05) is 26.3 Å². The molecule has 0 spiro atoms. The standard InChI is InChI=1S/C25H27N3O5/c29-23-9-8-21(24(30)26-23)28-15-20-19(25(28)31)2-1-3-22(20)33-16-18-6-4-17(5-7-18)14-27-10-12-32-13-11-27/h1-7,21H,8-16H2,(H,26,29,30)/t21-/m1/s1/i8D2,9D2,14D2,15D2,16D2. The summed E-state index contributed by atoms with van der Waals surface area (Å²) in [5.74, 6) is -4.60. The molecule has 1 N–H and O–H groups in total. The molecule has 2 saturated heterocycles. The SMILES string of the molecule is [2H]C([2H])(Oc1cccc2c1C([2H])([2H])N([C@H]1C(=O)NC(=O)C([2H])([2H])C1([2H])[2H])C2=O)c1ccc(C([2H])([2H])N2CCOCC2)cc1.